The number of aliphatic imine (C=N–C) groups is 1. The van der Waals surface area contributed by atoms with E-state index in [4.69, 9.17) is 14.5 Å². The summed E-state index contributed by atoms with van der Waals surface area (Å²) in [5.74, 6) is 1.65. The molecule has 1 aliphatic rings. The van der Waals surface area contributed by atoms with E-state index in [1.54, 1.807) is 0 Å². The zero-order chi connectivity index (χ0) is 20.4. The molecule has 1 heterocycles. The fourth-order valence-electron chi connectivity index (χ4n) is 3.24. The molecule has 0 aliphatic carbocycles. The van der Waals surface area contributed by atoms with Crippen LogP contribution in [-0.4, -0.2) is 50.1 Å². The summed E-state index contributed by atoms with van der Waals surface area (Å²) in [6.45, 7) is 12.0. The number of ether oxygens (including phenoxy) is 2. The maximum atomic E-state index is 9.80. The molecule has 0 bridgehead atoms. The van der Waals surface area contributed by atoms with Crippen LogP contribution >= 0.6 is 24.0 Å². The van der Waals surface area contributed by atoms with Gasteiger partial charge >= 0.3 is 0 Å². The summed E-state index contributed by atoms with van der Waals surface area (Å²) in [6, 6.07) is 6.26. The summed E-state index contributed by atoms with van der Waals surface area (Å²) in [5.41, 5.74) is 2.12. The SMILES string of the molecule is CCNC(=NCc1ccc(C)cc1OC1CCOC1)NCC(CC)(CC)CO.I. The van der Waals surface area contributed by atoms with Crippen LogP contribution in [-0.2, 0) is 11.3 Å². The Balaban J connectivity index is 0.00000420. The highest BCUT2D eigenvalue weighted by Gasteiger charge is 2.25. The Morgan fingerprint density at radius 1 is 1.28 bits per heavy atom. The number of hydrogen-bond donors (Lipinski definition) is 3. The third kappa shape index (κ3) is 7.94. The van der Waals surface area contributed by atoms with E-state index in [1.165, 1.54) is 5.56 Å². The van der Waals surface area contributed by atoms with Crippen molar-refractivity contribution in [2.24, 2.45) is 10.4 Å². The number of aryl methyl sites for hydroxylation is 1. The van der Waals surface area contributed by atoms with Crippen LogP contribution in [0.5, 0.6) is 5.75 Å². The first-order chi connectivity index (χ1) is 13.6. The van der Waals surface area contributed by atoms with E-state index in [1.807, 2.05) is 0 Å². The average molecular weight is 519 g/mol. The molecule has 0 amide bonds. The largest absolute Gasteiger partial charge is 0.488 e. The first-order valence-corrected chi connectivity index (χ1v) is 10.5. The number of guanidine groups is 1. The zero-order valence-corrected chi connectivity index (χ0v) is 20.6. The van der Waals surface area contributed by atoms with Crippen LogP contribution in [0.2, 0.25) is 0 Å². The van der Waals surface area contributed by atoms with Gasteiger partial charge in [-0.15, -0.1) is 24.0 Å². The van der Waals surface area contributed by atoms with Crippen molar-refractivity contribution in [1.82, 2.24) is 10.6 Å². The Morgan fingerprint density at radius 2 is 2.03 bits per heavy atom. The molecule has 0 saturated carbocycles. The highest BCUT2D eigenvalue weighted by molar-refractivity contribution is 14.0. The summed E-state index contributed by atoms with van der Waals surface area (Å²) < 4.78 is 11.6. The second-order valence-electron chi connectivity index (χ2n) is 7.63. The van der Waals surface area contributed by atoms with Gasteiger partial charge in [-0.3, -0.25) is 0 Å². The molecule has 29 heavy (non-hydrogen) atoms. The van der Waals surface area contributed by atoms with Crippen LogP contribution in [0, 0.1) is 12.3 Å². The van der Waals surface area contributed by atoms with Gasteiger partial charge in [-0.1, -0.05) is 26.0 Å². The molecule has 1 aliphatic heterocycles. The van der Waals surface area contributed by atoms with Crippen LogP contribution in [0.3, 0.4) is 0 Å². The Labute approximate surface area is 192 Å². The lowest BCUT2D eigenvalue weighted by Gasteiger charge is -2.30. The predicted molar refractivity (Wildman–Crippen MR) is 129 cm³/mol. The minimum absolute atomic E-state index is 0. The van der Waals surface area contributed by atoms with Crippen LogP contribution in [0.15, 0.2) is 23.2 Å². The molecule has 6 nitrogen and oxygen atoms in total. The number of nitrogens with one attached hydrogen (secondary N) is 2. The number of benzene rings is 1. The summed E-state index contributed by atoms with van der Waals surface area (Å²) in [5, 5.41) is 16.5. The maximum Gasteiger partial charge on any atom is 0.191 e. The van der Waals surface area contributed by atoms with Crippen molar-refractivity contribution >= 4 is 29.9 Å². The quantitative estimate of drug-likeness (QED) is 0.250. The Bertz CT molecular complexity index is 621. The van der Waals surface area contributed by atoms with Crippen molar-refractivity contribution in [1.29, 1.82) is 0 Å². The minimum atomic E-state index is -0.114. The van der Waals surface area contributed by atoms with Gasteiger partial charge in [0.25, 0.3) is 0 Å². The molecule has 3 N–H and O–H groups in total. The summed E-state index contributed by atoms with van der Waals surface area (Å²) >= 11 is 0. The molecule has 2 rings (SSSR count). The van der Waals surface area contributed by atoms with Crippen LogP contribution in [0.4, 0.5) is 0 Å². The lowest BCUT2D eigenvalue weighted by atomic mass is 9.83. The minimum Gasteiger partial charge on any atom is -0.488 e. The molecular weight excluding hydrogens is 481 g/mol. The normalized spacial score (nSPS) is 17.0. The van der Waals surface area contributed by atoms with E-state index >= 15 is 0 Å². The topological polar surface area (TPSA) is 75.1 Å². The molecule has 1 unspecified atom stereocenters. The molecule has 1 aromatic rings. The zero-order valence-electron chi connectivity index (χ0n) is 18.3. The van der Waals surface area contributed by atoms with Crippen LogP contribution in [0.1, 0.15) is 51.2 Å². The van der Waals surface area contributed by atoms with E-state index in [9.17, 15) is 5.11 Å². The lowest BCUT2D eigenvalue weighted by molar-refractivity contribution is 0.118. The van der Waals surface area contributed by atoms with Gasteiger partial charge in [-0.25, -0.2) is 4.99 Å². The number of hydrogen-bond acceptors (Lipinski definition) is 4. The predicted octanol–water partition coefficient (Wildman–Crippen LogP) is 3.63. The van der Waals surface area contributed by atoms with E-state index < -0.39 is 0 Å². The number of rotatable bonds is 10. The van der Waals surface area contributed by atoms with Crippen molar-refractivity contribution in [3.8, 4) is 5.75 Å². The van der Waals surface area contributed by atoms with Crippen molar-refractivity contribution in [2.45, 2.75) is 59.6 Å². The Hall–Kier alpha value is -1.06. The fourth-order valence-corrected chi connectivity index (χ4v) is 3.24. The van der Waals surface area contributed by atoms with Gasteiger partial charge in [-0.05, 0) is 38.3 Å². The Kier molecular flexibility index (Phi) is 11.9. The second kappa shape index (κ2) is 13.3. The second-order valence-corrected chi connectivity index (χ2v) is 7.63. The molecule has 0 radical (unpaired) electrons. The monoisotopic (exact) mass is 519 g/mol. The first-order valence-electron chi connectivity index (χ1n) is 10.5. The molecular formula is C22H38IN3O3. The highest BCUT2D eigenvalue weighted by atomic mass is 127. The van der Waals surface area contributed by atoms with Crippen molar-refractivity contribution in [3.63, 3.8) is 0 Å². The maximum absolute atomic E-state index is 9.80. The van der Waals surface area contributed by atoms with E-state index in [0.717, 1.165) is 49.7 Å². The molecule has 1 atom stereocenters. The third-order valence-corrected chi connectivity index (χ3v) is 5.62. The van der Waals surface area contributed by atoms with Gasteiger partial charge < -0.3 is 25.2 Å². The molecule has 1 saturated heterocycles. The van der Waals surface area contributed by atoms with E-state index in [0.29, 0.717) is 19.7 Å². The fraction of sp³-hybridized carbons (Fsp3) is 0.682. The van der Waals surface area contributed by atoms with Crippen LogP contribution < -0.4 is 15.4 Å². The molecule has 1 aromatic carbocycles. The van der Waals surface area contributed by atoms with Gasteiger partial charge in [0.15, 0.2) is 5.96 Å². The van der Waals surface area contributed by atoms with E-state index in [-0.39, 0.29) is 42.1 Å². The van der Waals surface area contributed by atoms with Gasteiger partial charge in [0.1, 0.15) is 11.9 Å². The number of nitrogens with zero attached hydrogens (tertiary/aromatic N) is 1. The number of halogens is 1. The molecule has 0 spiro atoms. The summed E-state index contributed by atoms with van der Waals surface area (Å²) in [6.07, 6.45) is 2.89. The van der Waals surface area contributed by atoms with Gasteiger partial charge in [-0.2, -0.15) is 0 Å². The smallest absolute Gasteiger partial charge is 0.191 e. The van der Waals surface area contributed by atoms with Gasteiger partial charge in [0.2, 0.25) is 0 Å². The van der Waals surface area contributed by atoms with Crippen molar-refractivity contribution in [2.75, 3.05) is 32.9 Å². The molecule has 1 fully saturated rings. The molecule has 7 heteroatoms. The number of aliphatic hydroxyl groups is 1. The van der Waals surface area contributed by atoms with Crippen molar-refractivity contribution in [3.05, 3.63) is 29.3 Å². The van der Waals surface area contributed by atoms with Crippen molar-refractivity contribution < 1.29 is 14.6 Å². The summed E-state index contributed by atoms with van der Waals surface area (Å²) in [7, 11) is 0. The summed E-state index contributed by atoms with van der Waals surface area (Å²) in [4.78, 5) is 4.76. The Morgan fingerprint density at radius 3 is 2.62 bits per heavy atom. The lowest BCUT2D eigenvalue weighted by Crippen LogP contribution is -2.44. The molecule has 166 valence electrons. The van der Waals surface area contributed by atoms with Gasteiger partial charge in [0.05, 0.1) is 26.4 Å². The third-order valence-electron chi connectivity index (χ3n) is 5.62. The highest BCUT2D eigenvalue weighted by Crippen LogP contribution is 2.25. The van der Waals surface area contributed by atoms with Gasteiger partial charge in [0, 0.05) is 30.5 Å². The number of aliphatic hydroxyl groups excluding tert-OH is 1. The average Bonchev–Trinajstić information content (AvgIpc) is 3.21. The van der Waals surface area contributed by atoms with E-state index in [2.05, 4.69) is 56.5 Å². The first kappa shape index (κ1) is 26.0. The van der Waals surface area contributed by atoms with Crippen LogP contribution in [0.25, 0.3) is 0 Å². The standard InChI is InChI=1S/C22H37N3O3.HI/c1-5-22(6-2,16-26)15-25-21(23-7-3)24-13-18-9-8-17(4)12-20(18)28-19-10-11-27-14-19;/h8-9,12,19,26H,5-7,10-11,13-16H2,1-4H3,(H2,23,24,25);1H. The molecule has 0 aromatic heterocycles.